The van der Waals surface area contributed by atoms with Crippen LogP contribution in [0, 0.1) is 0 Å². The smallest absolute Gasteiger partial charge is 0.356 e. The minimum absolute atomic E-state index is 0.0181. The lowest BCUT2D eigenvalue weighted by Gasteiger charge is -2.27. The highest BCUT2D eigenvalue weighted by Crippen LogP contribution is 2.36. The predicted octanol–water partition coefficient (Wildman–Crippen LogP) is 1.92. The van der Waals surface area contributed by atoms with Gasteiger partial charge in [0.1, 0.15) is 6.61 Å². The fourth-order valence-corrected chi connectivity index (χ4v) is 3.37. The molecule has 1 aliphatic rings. The van der Waals surface area contributed by atoms with Gasteiger partial charge in [0.2, 0.25) is 6.23 Å². The van der Waals surface area contributed by atoms with Crippen LogP contribution in [0.1, 0.15) is 11.1 Å². The number of carbonyl (C=O) groups is 2. The van der Waals surface area contributed by atoms with Crippen LogP contribution in [0.3, 0.4) is 0 Å². The van der Waals surface area contributed by atoms with Crippen LogP contribution in [0.5, 0.6) is 0 Å². The molecule has 0 saturated carbocycles. The molecule has 1 atom stereocenters. The predicted molar refractivity (Wildman–Crippen MR) is 129 cm³/mol. The van der Waals surface area contributed by atoms with Crippen LogP contribution in [0.4, 0.5) is 16.2 Å². The number of nitrogens with one attached hydrogen (secondary N) is 1. The van der Waals surface area contributed by atoms with Crippen LogP contribution in [-0.4, -0.2) is 81.3 Å². The monoisotopic (exact) mass is 486 g/mol. The molecule has 2 amide bonds. The van der Waals surface area contributed by atoms with Crippen molar-refractivity contribution in [2.75, 3.05) is 57.8 Å². The molecular formula is C25H30N2O8. The third-order valence-corrected chi connectivity index (χ3v) is 4.92. The summed E-state index contributed by atoms with van der Waals surface area (Å²) < 4.78 is 21.0. The number of para-hydroxylation sites is 2. The highest BCUT2D eigenvalue weighted by molar-refractivity contribution is 6.06. The molecule has 2 aromatic carbocycles. The van der Waals surface area contributed by atoms with Crippen LogP contribution in [0.25, 0.3) is 12.2 Å². The van der Waals surface area contributed by atoms with E-state index >= 15 is 0 Å². The second-order valence-electron chi connectivity index (χ2n) is 7.33. The van der Waals surface area contributed by atoms with Gasteiger partial charge >= 0.3 is 12.0 Å². The van der Waals surface area contributed by atoms with Crippen molar-refractivity contribution in [2.45, 2.75) is 6.23 Å². The molecule has 0 saturated heterocycles. The summed E-state index contributed by atoms with van der Waals surface area (Å²) in [6, 6.07) is 14.3. The Morgan fingerprint density at radius 2 is 1.31 bits per heavy atom. The van der Waals surface area contributed by atoms with Gasteiger partial charge in [-0.3, -0.25) is 4.90 Å². The number of hydrogen-bond acceptors (Lipinski definition) is 8. The number of ether oxygens (including phenoxy) is 4. The molecule has 0 bridgehead atoms. The van der Waals surface area contributed by atoms with Gasteiger partial charge in [-0.25, -0.2) is 9.59 Å². The number of aliphatic hydroxyl groups is 2. The summed E-state index contributed by atoms with van der Waals surface area (Å²) in [5.74, 6) is -0.803. The molecule has 1 heterocycles. The van der Waals surface area contributed by atoms with E-state index in [1.807, 2.05) is 60.7 Å². The minimum atomic E-state index is -1.41. The summed E-state index contributed by atoms with van der Waals surface area (Å²) in [5.41, 5.74) is 2.94. The van der Waals surface area contributed by atoms with Gasteiger partial charge in [0, 0.05) is 0 Å². The molecule has 10 nitrogen and oxygen atoms in total. The SMILES string of the molecule is O=C(OCCOCCO)C(NC(=O)N1c2ccccc2C=Cc2ccccc21)OCCOCCO. The second kappa shape index (κ2) is 14.2. The van der Waals surface area contributed by atoms with Crippen molar-refractivity contribution in [1.29, 1.82) is 0 Å². The molecule has 2 aromatic rings. The normalized spacial score (nSPS) is 12.9. The number of anilines is 2. The van der Waals surface area contributed by atoms with Gasteiger partial charge in [-0.2, -0.15) is 0 Å². The lowest BCUT2D eigenvalue weighted by atomic mass is 10.1. The van der Waals surface area contributed by atoms with E-state index in [9.17, 15) is 9.59 Å². The van der Waals surface area contributed by atoms with Crippen molar-refractivity contribution in [1.82, 2.24) is 5.32 Å². The van der Waals surface area contributed by atoms with Gasteiger partial charge in [-0.1, -0.05) is 48.6 Å². The van der Waals surface area contributed by atoms with E-state index in [-0.39, 0.29) is 52.9 Å². The molecule has 0 spiro atoms. The van der Waals surface area contributed by atoms with E-state index in [2.05, 4.69) is 5.32 Å². The van der Waals surface area contributed by atoms with Crippen LogP contribution in [-0.2, 0) is 23.7 Å². The number of urea groups is 1. The van der Waals surface area contributed by atoms with Crippen LogP contribution >= 0.6 is 0 Å². The first-order valence-electron chi connectivity index (χ1n) is 11.3. The first-order valence-corrected chi connectivity index (χ1v) is 11.3. The van der Waals surface area contributed by atoms with Crippen molar-refractivity contribution >= 4 is 35.5 Å². The quantitative estimate of drug-likeness (QED) is 0.223. The lowest BCUT2D eigenvalue weighted by Crippen LogP contribution is -2.49. The molecule has 0 fully saturated rings. The van der Waals surface area contributed by atoms with Gasteiger partial charge in [0.15, 0.2) is 0 Å². The fourth-order valence-electron chi connectivity index (χ4n) is 3.37. The first kappa shape index (κ1) is 26.3. The Labute approximate surface area is 203 Å². The Balaban J connectivity index is 1.76. The number of amides is 2. The van der Waals surface area contributed by atoms with Crippen molar-refractivity contribution in [2.24, 2.45) is 0 Å². The molecule has 35 heavy (non-hydrogen) atoms. The van der Waals surface area contributed by atoms with Crippen molar-refractivity contribution in [3.05, 3.63) is 59.7 Å². The average molecular weight is 487 g/mol. The highest BCUT2D eigenvalue weighted by atomic mass is 16.6. The van der Waals surface area contributed by atoms with Crippen molar-refractivity contribution in [3.63, 3.8) is 0 Å². The second-order valence-corrected chi connectivity index (χ2v) is 7.33. The number of rotatable bonds is 13. The lowest BCUT2D eigenvalue weighted by molar-refractivity contribution is -0.161. The molecule has 0 aliphatic carbocycles. The molecule has 3 rings (SSSR count). The van der Waals surface area contributed by atoms with E-state index in [1.165, 1.54) is 4.90 Å². The van der Waals surface area contributed by atoms with E-state index in [0.29, 0.717) is 11.4 Å². The van der Waals surface area contributed by atoms with Crippen LogP contribution < -0.4 is 10.2 Å². The zero-order valence-corrected chi connectivity index (χ0v) is 19.3. The Morgan fingerprint density at radius 1 is 0.771 bits per heavy atom. The highest BCUT2D eigenvalue weighted by Gasteiger charge is 2.29. The summed E-state index contributed by atoms with van der Waals surface area (Å²) in [6.45, 7) is 0.0730. The Bertz CT molecular complexity index is 947. The number of hydrogen-bond donors (Lipinski definition) is 3. The van der Waals surface area contributed by atoms with Gasteiger partial charge in [-0.05, 0) is 23.3 Å². The van der Waals surface area contributed by atoms with Crippen molar-refractivity contribution in [3.8, 4) is 0 Å². The zero-order chi connectivity index (χ0) is 24.9. The van der Waals surface area contributed by atoms with Gasteiger partial charge in [-0.15, -0.1) is 0 Å². The number of fused-ring (bicyclic) bond motifs is 2. The van der Waals surface area contributed by atoms with E-state index in [0.717, 1.165) is 11.1 Å². The summed E-state index contributed by atoms with van der Waals surface area (Å²) >= 11 is 0. The topological polar surface area (TPSA) is 127 Å². The zero-order valence-electron chi connectivity index (χ0n) is 19.3. The Morgan fingerprint density at radius 3 is 1.89 bits per heavy atom. The van der Waals surface area contributed by atoms with Crippen LogP contribution in [0.2, 0.25) is 0 Å². The summed E-state index contributed by atoms with van der Waals surface area (Å²) in [5, 5.41) is 20.2. The van der Waals surface area contributed by atoms with Crippen molar-refractivity contribution < 1.29 is 38.7 Å². The molecule has 0 radical (unpaired) electrons. The summed E-state index contributed by atoms with van der Waals surface area (Å²) in [6.07, 6.45) is 2.44. The molecule has 1 aliphatic heterocycles. The number of aliphatic hydroxyl groups excluding tert-OH is 2. The third-order valence-electron chi connectivity index (χ3n) is 4.92. The number of benzene rings is 2. The standard InChI is InChI=1S/C25H30N2O8/c28-11-13-32-15-17-34-23(24(30)35-18-16-33-14-12-29)26-25(31)27-21-7-3-1-5-19(21)9-10-20-6-2-4-8-22(20)27/h1-10,23,28-29H,11-18H2,(H,26,31). The number of carbonyl (C=O) groups excluding carboxylic acids is 2. The van der Waals surface area contributed by atoms with Gasteiger partial charge < -0.3 is 34.5 Å². The number of nitrogens with zero attached hydrogens (tertiary/aromatic N) is 1. The maximum atomic E-state index is 13.5. The molecule has 10 heteroatoms. The molecule has 1 unspecified atom stereocenters. The van der Waals surface area contributed by atoms with Gasteiger partial charge in [0.25, 0.3) is 0 Å². The molecule has 188 valence electrons. The Kier molecular flexibility index (Phi) is 10.7. The first-order chi connectivity index (χ1) is 17.2. The minimum Gasteiger partial charge on any atom is -0.460 e. The third kappa shape index (κ3) is 7.61. The molecule has 3 N–H and O–H groups in total. The largest absolute Gasteiger partial charge is 0.460 e. The van der Waals surface area contributed by atoms with Gasteiger partial charge in [0.05, 0.1) is 57.6 Å². The maximum absolute atomic E-state index is 13.5. The van der Waals surface area contributed by atoms with E-state index in [1.54, 1.807) is 0 Å². The van der Waals surface area contributed by atoms with E-state index in [4.69, 9.17) is 29.2 Å². The van der Waals surface area contributed by atoms with E-state index < -0.39 is 18.2 Å². The molecule has 0 aromatic heterocycles. The fraction of sp³-hybridized carbons (Fsp3) is 0.360. The molecular weight excluding hydrogens is 456 g/mol. The number of esters is 1. The summed E-state index contributed by atoms with van der Waals surface area (Å²) in [4.78, 5) is 27.7. The average Bonchev–Trinajstić information content (AvgIpc) is 3.04. The summed E-state index contributed by atoms with van der Waals surface area (Å²) in [7, 11) is 0. The maximum Gasteiger partial charge on any atom is 0.356 e. The Hall–Kier alpha value is -3.28. The van der Waals surface area contributed by atoms with Crippen LogP contribution in [0.15, 0.2) is 48.5 Å².